The number of rotatable bonds is 11. The van der Waals surface area contributed by atoms with Crippen molar-refractivity contribution >= 4 is 17.7 Å². The minimum absolute atomic E-state index is 0.121. The number of nitrogens with one attached hydrogen (secondary N) is 2. The zero-order chi connectivity index (χ0) is 20.2. The van der Waals surface area contributed by atoms with Crippen molar-refractivity contribution in [2.75, 3.05) is 11.9 Å². The van der Waals surface area contributed by atoms with Gasteiger partial charge in [0.15, 0.2) is 0 Å². The molecule has 0 radical (unpaired) electrons. The van der Waals surface area contributed by atoms with Crippen LogP contribution in [0.2, 0.25) is 0 Å². The summed E-state index contributed by atoms with van der Waals surface area (Å²) in [6.45, 7) is 1.01. The summed E-state index contributed by atoms with van der Waals surface area (Å²) in [6.07, 6.45) is 2.01. The number of benzene rings is 2. The van der Waals surface area contributed by atoms with E-state index < -0.39 is 18.0 Å². The van der Waals surface area contributed by atoms with Crippen LogP contribution >= 0.6 is 0 Å². The lowest BCUT2D eigenvalue weighted by molar-refractivity contribution is -0.137. The maximum absolute atomic E-state index is 12.2. The maximum atomic E-state index is 12.2. The van der Waals surface area contributed by atoms with E-state index in [1.807, 2.05) is 30.3 Å². The van der Waals surface area contributed by atoms with Crippen LogP contribution in [-0.2, 0) is 11.4 Å². The van der Waals surface area contributed by atoms with Gasteiger partial charge in [-0.3, -0.25) is 4.79 Å². The smallest absolute Gasteiger partial charge is 0.319 e. The summed E-state index contributed by atoms with van der Waals surface area (Å²) in [5.41, 5.74) is 7.13. The van der Waals surface area contributed by atoms with E-state index in [4.69, 9.17) is 15.6 Å². The molecule has 0 saturated carbocycles. The molecule has 0 spiro atoms. The Balaban J connectivity index is 1.82. The van der Waals surface area contributed by atoms with Crippen LogP contribution in [0.5, 0.6) is 5.75 Å². The number of carbonyl (C=O) groups excluding carboxylic acids is 1. The molecule has 2 amide bonds. The second-order valence-corrected chi connectivity index (χ2v) is 6.48. The van der Waals surface area contributed by atoms with E-state index in [1.54, 1.807) is 24.3 Å². The first-order chi connectivity index (χ1) is 13.6. The number of ether oxygens (including phenoxy) is 1. The van der Waals surface area contributed by atoms with E-state index >= 15 is 0 Å². The van der Waals surface area contributed by atoms with E-state index in [1.165, 1.54) is 0 Å². The number of carboxylic acid groups (broad SMARTS) is 1. The SMILES string of the molecule is NCCCC[C@@H](CC(=O)O)NC(=O)Nc1ccc(OCc2ccccc2)cc1. The molecule has 2 aromatic carbocycles. The van der Waals surface area contributed by atoms with Gasteiger partial charge >= 0.3 is 12.0 Å². The highest BCUT2D eigenvalue weighted by Gasteiger charge is 2.15. The zero-order valence-electron chi connectivity index (χ0n) is 15.8. The van der Waals surface area contributed by atoms with Crippen molar-refractivity contribution in [1.29, 1.82) is 0 Å². The molecule has 5 N–H and O–H groups in total. The molecule has 0 aliphatic carbocycles. The molecule has 0 fully saturated rings. The molecule has 0 saturated heterocycles. The minimum Gasteiger partial charge on any atom is -0.489 e. The monoisotopic (exact) mass is 385 g/mol. The van der Waals surface area contributed by atoms with Crippen molar-refractivity contribution in [3.05, 3.63) is 60.2 Å². The summed E-state index contributed by atoms with van der Waals surface area (Å²) >= 11 is 0. The summed E-state index contributed by atoms with van der Waals surface area (Å²) in [5.74, 6) is -0.252. The van der Waals surface area contributed by atoms with Crippen molar-refractivity contribution in [3.8, 4) is 5.75 Å². The van der Waals surface area contributed by atoms with Gasteiger partial charge in [-0.15, -0.1) is 0 Å². The minimum atomic E-state index is -0.946. The number of unbranched alkanes of at least 4 members (excludes halogenated alkanes) is 1. The number of aliphatic carboxylic acids is 1. The van der Waals surface area contributed by atoms with Gasteiger partial charge in [-0.05, 0) is 49.2 Å². The van der Waals surface area contributed by atoms with Gasteiger partial charge in [-0.1, -0.05) is 36.8 Å². The van der Waals surface area contributed by atoms with E-state index in [2.05, 4.69) is 10.6 Å². The molecule has 7 nitrogen and oxygen atoms in total. The standard InChI is InChI=1S/C21H27N3O4/c22-13-5-4-8-18(14-20(25)26)24-21(27)23-17-9-11-19(12-10-17)28-15-16-6-2-1-3-7-16/h1-3,6-7,9-12,18H,4-5,8,13-15,22H2,(H,25,26)(H2,23,24,27)/t18-/m0/s1. The molecule has 0 aromatic heterocycles. The highest BCUT2D eigenvalue weighted by Crippen LogP contribution is 2.17. The third kappa shape index (κ3) is 8.09. The second-order valence-electron chi connectivity index (χ2n) is 6.48. The first kappa shape index (κ1) is 21.2. The number of carboxylic acids is 1. The van der Waals surface area contributed by atoms with Gasteiger partial charge in [0.1, 0.15) is 12.4 Å². The van der Waals surface area contributed by atoms with Crippen LogP contribution in [0.3, 0.4) is 0 Å². The number of hydrogen-bond acceptors (Lipinski definition) is 4. The van der Waals surface area contributed by atoms with Crippen LogP contribution in [0.4, 0.5) is 10.5 Å². The lowest BCUT2D eigenvalue weighted by atomic mass is 10.1. The van der Waals surface area contributed by atoms with Crippen LogP contribution < -0.4 is 21.1 Å². The number of amides is 2. The number of nitrogens with two attached hydrogens (primary N) is 1. The third-order valence-corrected chi connectivity index (χ3v) is 4.12. The van der Waals surface area contributed by atoms with Gasteiger partial charge in [0, 0.05) is 11.7 Å². The van der Waals surface area contributed by atoms with Crippen molar-refractivity contribution < 1.29 is 19.4 Å². The Kier molecular flexibility index (Phi) is 8.81. The molecular weight excluding hydrogens is 358 g/mol. The highest BCUT2D eigenvalue weighted by molar-refractivity contribution is 5.89. The second kappa shape index (κ2) is 11.6. The number of urea groups is 1. The number of hydrogen-bond donors (Lipinski definition) is 4. The largest absolute Gasteiger partial charge is 0.489 e. The number of carbonyl (C=O) groups is 2. The quantitative estimate of drug-likeness (QED) is 0.443. The Morgan fingerprint density at radius 1 is 1.04 bits per heavy atom. The lowest BCUT2D eigenvalue weighted by Crippen LogP contribution is -2.39. The van der Waals surface area contributed by atoms with E-state index in [0.717, 1.165) is 18.4 Å². The molecule has 2 aromatic rings. The molecule has 0 bridgehead atoms. The lowest BCUT2D eigenvalue weighted by Gasteiger charge is -2.17. The van der Waals surface area contributed by atoms with Gasteiger partial charge in [0.25, 0.3) is 0 Å². The summed E-state index contributed by atoms with van der Waals surface area (Å²) in [7, 11) is 0. The van der Waals surface area contributed by atoms with Crippen molar-refractivity contribution in [3.63, 3.8) is 0 Å². The van der Waals surface area contributed by atoms with E-state index in [-0.39, 0.29) is 6.42 Å². The number of anilines is 1. The predicted molar refractivity (Wildman–Crippen MR) is 108 cm³/mol. The Labute approximate surface area is 164 Å². The highest BCUT2D eigenvalue weighted by atomic mass is 16.5. The third-order valence-electron chi connectivity index (χ3n) is 4.12. The molecule has 0 unspecified atom stereocenters. The first-order valence-electron chi connectivity index (χ1n) is 9.33. The average Bonchev–Trinajstić information content (AvgIpc) is 2.68. The molecule has 1 atom stereocenters. The summed E-state index contributed by atoms with van der Waals surface area (Å²) in [6, 6.07) is 16.0. The summed E-state index contributed by atoms with van der Waals surface area (Å²) < 4.78 is 5.71. The van der Waals surface area contributed by atoms with Gasteiger partial charge in [0.2, 0.25) is 0 Å². The van der Waals surface area contributed by atoms with E-state index in [9.17, 15) is 9.59 Å². The van der Waals surface area contributed by atoms with Gasteiger partial charge in [0.05, 0.1) is 6.42 Å². The van der Waals surface area contributed by atoms with Gasteiger partial charge in [-0.25, -0.2) is 4.79 Å². The molecule has 0 aliphatic rings. The summed E-state index contributed by atoms with van der Waals surface area (Å²) in [4.78, 5) is 23.1. The van der Waals surface area contributed by atoms with Gasteiger partial charge < -0.3 is 26.2 Å². The van der Waals surface area contributed by atoms with Crippen molar-refractivity contribution in [1.82, 2.24) is 5.32 Å². The fraction of sp³-hybridized carbons (Fsp3) is 0.333. The Morgan fingerprint density at radius 2 is 1.75 bits per heavy atom. The molecule has 28 heavy (non-hydrogen) atoms. The van der Waals surface area contributed by atoms with Crippen LogP contribution in [0.25, 0.3) is 0 Å². The van der Waals surface area contributed by atoms with Crippen LogP contribution in [0, 0.1) is 0 Å². The van der Waals surface area contributed by atoms with Crippen LogP contribution in [-0.4, -0.2) is 29.7 Å². The fourth-order valence-electron chi connectivity index (χ4n) is 2.70. The Hall–Kier alpha value is -3.06. The zero-order valence-corrected chi connectivity index (χ0v) is 15.8. The topological polar surface area (TPSA) is 114 Å². The molecule has 2 rings (SSSR count). The molecular formula is C21H27N3O4. The van der Waals surface area contributed by atoms with E-state index in [0.29, 0.717) is 31.0 Å². The Bertz CT molecular complexity index is 735. The maximum Gasteiger partial charge on any atom is 0.319 e. The fourth-order valence-corrected chi connectivity index (χ4v) is 2.70. The van der Waals surface area contributed by atoms with Gasteiger partial charge in [-0.2, -0.15) is 0 Å². The van der Waals surface area contributed by atoms with Crippen LogP contribution in [0.1, 0.15) is 31.2 Å². The predicted octanol–water partition coefficient (Wildman–Crippen LogP) is 3.36. The molecule has 0 heterocycles. The Morgan fingerprint density at radius 3 is 2.39 bits per heavy atom. The normalized spacial score (nSPS) is 11.5. The van der Waals surface area contributed by atoms with Crippen molar-refractivity contribution in [2.45, 2.75) is 38.3 Å². The molecule has 7 heteroatoms. The average molecular weight is 385 g/mol. The van der Waals surface area contributed by atoms with Crippen molar-refractivity contribution in [2.24, 2.45) is 5.73 Å². The summed E-state index contributed by atoms with van der Waals surface area (Å²) in [5, 5.41) is 14.4. The van der Waals surface area contributed by atoms with Crippen LogP contribution in [0.15, 0.2) is 54.6 Å². The first-order valence-corrected chi connectivity index (χ1v) is 9.33. The molecule has 150 valence electrons. The molecule has 0 aliphatic heterocycles.